The Labute approximate surface area is 151 Å². The van der Waals surface area contributed by atoms with E-state index in [1.54, 1.807) is 31.2 Å². The van der Waals surface area contributed by atoms with E-state index in [1.165, 1.54) is 0 Å². The molecule has 1 unspecified atom stereocenters. The minimum absolute atomic E-state index is 0.365. The largest absolute Gasteiger partial charge is 0.480 e. The van der Waals surface area contributed by atoms with Gasteiger partial charge in [-0.3, -0.25) is 0 Å². The Morgan fingerprint density at radius 2 is 1.92 bits per heavy atom. The van der Waals surface area contributed by atoms with Crippen LogP contribution in [-0.2, 0) is 11.2 Å². The molecule has 0 aliphatic rings. The van der Waals surface area contributed by atoms with Crippen LogP contribution in [0.25, 0.3) is 0 Å². The Hall–Kier alpha value is -2.17. The highest BCUT2D eigenvalue weighted by Gasteiger charge is 2.19. The molecule has 126 valence electrons. The molecule has 0 saturated carbocycles. The van der Waals surface area contributed by atoms with Gasteiger partial charge in [-0.2, -0.15) is 0 Å². The fourth-order valence-corrected chi connectivity index (χ4v) is 2.62. The number of rotatable bonds is 7. The predicted molar refractivity (Wildman–Crippen MR) is 98.5 cm³/mol. The van der Waals surface area contributed by atoms with Crippen molar-refractivity contribution in [1.82, 2.24) is 5.32 Å². The Morgan fingerprint density at radius 3 is 2.50 bits per heavy atom. The van der Waals surface area contributed by atoms with Crippen LogP contribution in [0.15, 0.2) is 60.4 Å². The molecule has 0 heterocycles. The topological polar surface area (TPSA) is 61.4 Å². The van der Waals surface area contributed by atoms with Crippen molar-refractivity contribution in [3.8, 4) is 0 Å². The molecule has 0 spiro atoms. The number of carbonyl (C=O) groups is 1. The number of carboxylic acids is 1. The zero-order chi connectivity index (χ0) is 17.5. The number of aliphatic carboxylic acids is 1. The average Bonchev–Trinajstić information content (AvgIpc) is 2.56. The van der Waals surface area contributed by atoms with E-state index >= 15 is 0 Å². The van der Waals surface area contributed by atoms with Crippen molar-refractivity contribution in [3.63, 3.8) is 0 Å². The third-order valence-corrected chi connectivity index (χ3v) is 3.95. The lowest BCUT2D eigenvalue weighted by atomic mass is 10.1. The lowest BCUT2D eigenvalue weighted by Crippen LogP contribution is -2.39. The summed E-state index contributed by atoms with van der Waals surface area (Å²) in [4.78, 5) is 11.6. The van der Waals surface area contributed by atoms with E-state index in [0.29, 0.717) is 28.0 Å². The summed E-state index contributed by atoms with van der Waals surface area (Å²) in [7, 11) is 0. The number of anilines is 1. The molecule has 24 heavy (non-hydrogen) atoms. The quantitative estimate of drug-likeness (QED) is 0.674. The first-order valence-electron chi connectivity index (χ1n) is 7.41. The fourth-order valence-electron chi connectivity index (χ4n) is 2.17. The van der Waals surface area contributed by atoms with Gasteiger partial charge in [-0.05, 0) is 36.8 Å². The summed E-state index contributed by atoms with van der Waals surface area (Å²) in [5, 5.41) is 16.6. The van der Waals surface area contributed by atoms with Crippen LogP contribution in [-0.4, -0.2) is 17.1 Å². The standard InChI is InChI=1S/C18H18Cl2N2O2/c1-2-17(21-15-9-8-13(19)11-14(15)20)22-16(18(23)24)10-12-6-4-3-5-7-12/h2-9,11,16,21-22H,10H2,1H3,(H,23,24). The van der Waals surface area contributed by atoms with Crippen LogP contribution >= 0.6 is 23.2 Å². The molecule has 0 aromatic heterocycles. The van der Waals surface area contributed by atoms with Crippen molar-refractivity contribution in [3.05, 3.63) is 76.0 Å². The van der Waals surface area contributed by atoms with Gasteiger partial charge < -0.3 is 15.7 Å². The molecule has 2 rings (SSSR count). The number of hydrogen-bond donors (Lipinski definition) is 3. The summed E-state index contributed by atoms with van der Waals surface area (Å²) in [6.07, 6.45) is 2.12. The highest BCUT2D eigenvalue weighted by molar-refractivity contribution is 6.36. The summed E-state index contributed by atoms with van der Waals surface area (Å²) in [5.41, 5.74) is 1.59. The molecule has 0 radical (unpaired) electrons. The number of halogens is 2. The number of carboxylic acid groups (broad SMARTS) is 1. The zero-order valence-electron chi connectivity index (χ0n) is 13.1. The summed E-state index contributed by atoms with van der Waals surface area (Å²) >= 11 is 12.0. The average molecular weight is 365 g/mol. The first-order chi connectivity index (χ1) is 11.5. The molecule has 4 nitrogen and oxygen atoms in total. The van der Waals surface area contributed by atoms with Gasteiger partial charge in [0.05, 0.1) is 16.5 Å². The second kappa shape index (κ2) is 8.62. The highest BCUT2D eigenvalue weighted by Crippen LogP contribution is 2.26. The molecule has 0 aliphatic carbocycles. The Balaban J connectivity index is 2.10. The van der Waals surface area contributed by atoms with Crippen molar-refractivity contribution in [2.45, 2.75) is 19.4 Å². The SMILES string of the molecule is CC=C(Nc1ccc(Cl)cc1Cl)NC(Cc1ccccc1)C(=O)O. The van der Waals surface area contributed by atoms with E-state index in [2.05, 4.69) is 10.6 Å². The summed E-state index contributed by atoms with van der Waals surface area (Å²) in [6, 6.07) is 13.8. The zero-order valence-corrected chi connectivity index (χ0v) is 14.6. The third-order valence-electron chi connectivity index (χ3n) is 3.40. The highest BCUT2D eigenvalue weighted by atomic mass is 35.5. The van der Waals surface area contributed by atoms with Crippen molar-refractivity contribution in [1.29, 1.82) is 0 Å². The predicted octanol–water partition coefficient (Wildman–Crippen LogP) is 4.55. The van der Waals surface area contributed by atoms with E-state index in [-0.39, 0.29) is 0 Å². The van der Waals surface area contributed by atoms with Gasteiger partial charge >= 0.3 is 5.97 Å². The van der Waals surface area contributed by atoms with E-state index in [1.807, 2.05) is 30.3 Å². The maximum Gasteiger partial charge on any atom is 0.326 e. The van der Waals surface area contributed by atoms with Crippen molar-refractivity contribution in [2.75, 3.05) is 5.32 Å². The molecule has 0 saturated heterocycles. The molecule has 0 bridgehead atoms. The van der Waals surface area contributed by atoms with E-state index in [9.17, 15) is 9.90 Å². The van der Waals surface area contributed by atoms with E-state index < -0.39 is 12.0 Å². The van der Waals surface area contributed by atoms with E-state index in [4.69, 9.17) is 23.2 Å². The molecule has 1 atom stereocenters. The lowest BCUT2D eigenvalue weighted by molar-refractivity contribution is -0.139. The minimum atomic E-state index is -0.929. The fraction of sp³-hybridized carbons (Fsp3) is 0.167. The third kappa shape index (κ3) is 5.18. The van der Waals surface area contributed by atoms with Gasteiger partial charge in [-0.15, -0.1) is 0 Å². The maximum atomic E-state index is 11.6. The summed E-state index contributed by atoms with van der Waals surface area (Å²) < 4.78 is 0. The Morgan fingerprint density at radius 1 is 1.21 bits per heavy atom. The van der Waals surface area contributed by atoms with Crippen molar-refractivity contribution >= 4 is 34.9 Å². The molecule has 0 amide bonds. The molecule has 3 N–H and O–H groups in total. The van der Waals surface area contributed by atoms with Gasteiger partial charge in [0.15, 0.2) is 0 Å². The van der Waals surface area contributed by atoms with Crippen LogP contribution in [0.4, 0.5) is 5.69 Å². The lowest BCUT2D eigenvalue weighted by Gasteiger charge is -2.20. The molecule has 6 heteroatoms. The molecule has 2 aromatic carbocycles. The van der Waals surface area contributed by atoms with Crippen LogP contribution in [0.5, 0.6) is 0 Å². The number of hydrogen-bond acceptors (Lipinski definition) is 3. The van der Waals surface area contributed by atoms with Crippen LogP contribution in [0.1, 0.15) is 12.5 Å². The molecule has 2 aromatic rings. The smallest absolute Gasteiger partial charge is 0.326 e. The second-order valence-electron chi connectivity index (χ2n) is 5.18. The maximum absolute atomic E-state index is 11.6. The van der Waals surface area contributed by atoms with Crippen LogP contribution in [0, 0.1) is 0 Å². The number of nitrogens with one attached hydrogen (secondary N) is 2. The second-order valence-corrected chi connectivity index (χ2v) is 6.02. The molecular formula is C18H18Cl2N2O2. The van der Waals surface area contributed by atoms with Crippen molar-refractivity contribution in [2.24, 2.45) is 0 Å². The summed E-state index contributed by atoms with van der Waals surface area (Å²) in [6.45, 7) is 1.81. The normalized spacial score (nSPS) is 12.5. The Kier molecular flexibility index (Phi) is 6.53. The molecule has 0 aliphatic heterocycles. The van der Waals surface area contributed by atoms with Gasteiger partial charge in [0.1, 0.15) is 6.04 Å². The van der Waals surface area contributed by atoms with Crippen molar-refractivity contribution < 1.29 is 9.90 Å². The van der Waals surface area contributed by atoms with Gasteiger partial charge in [-0.1, -0.05) is 53.5 Å². The van der Waals surface area contributed by atoms with Gasteiger partial charge in [0, 0.05) is 11.4 Å². The van der Waals surface area contributed by atoms with Crippen LogP contribution in [0.2, 0.25) is 10.0 Å². The monoisotopic (exact) mass is 364 g/mol. The van der Waals surface area contributed by atoms with Gasteiger partial charge in [-0.25, -0.2) is 4.79 Å². The van der Waals surface area contributed by atoms with Gasteiger partial charge in [0.25, 0.3) is 0 Å². The summed E-state index contributed by atoms with van der Waals surface area (Å²) in [5.74, 6) is -0.371. The number of benzene rings is 2. The van der Waals surface area contributed by atoms with Crippen LogP contribution in [0.3, 0.4) is 0 Å². The number of allylic oxidation sites excluding steroid dienone is 1. The minimum Gasteiger partial charge on any atom is -0.480 e. The van der Waals surface area contributed by atoms with E-state index in [0.717, 1.165) is 5.56 Å². The first kappa shape index (κ1) is 18.2. The Bertz CT molecular complexity index is 733. The van der Waals surface area contributed by atoms with Crippen LogP contribution < -0.4 is 10.6 Å². The van der Waals surface area contributed by atoms with Gasteiger partial charge in [0.2, 0.25) is 0 Å². The molecular weight excluding hydrogens is 347 g/mol. The molecule has 0 fully saturated rings. The first-order valence-corrected chi connectivity index (χ1v) is 8.17.